The van der Waals surface area contributed by atoms with Crippen LogP contribution < -0.4 is 5.32 Å². The topological polar surface area (TPSA) is 55.4 Å². The van der Waals surface area contributed by atoms with E-state index in [1.54, 1.807) is 18.2 Å². The van der Waals surface area contributed by atoms with Crippen molar-refractivity contribution in [2.75, 3.05) is 17.7 Å². The van der Waals surface area contributed by atoms with Crippen molar-refractivity contribution >= 4 is 29.3 Å². The van der Waals surface area contributed by atoms with Gasteiger partial charge in [0.25, 0.3) is 5.91 Å². The molecular formula is C16H13F2NO3S. The van der Waals surface area contributed by atoms with Gasteiger partial charge in [0.1, 0.15) is 11.6 Å². The Kier molecular flexibility index (Phi) is 6.10. The van der Waals surface area contributed by atoms with E-state index in [0.717, 1.165) is 11.8 Å². The molecule has 120 valence electrons. The number of esters is 1. The third kappa shape index (κ3) is 5.37. The molecule has 0 aliphatic rings. The highest BCUT2D eigenvalue weighted by Crippen LogP contribution is 2.21. The van der Waals surface area contributed by atoms with Crippen LogP contribution in [0, 0.1) is 11.6 Å². The van der Waals surface area contributed by atoms with Crippen molar-refractivity contribution in [2.45, 2.75) is 4.90 Å². The van der Waals surface area contributed by atoms with Gasteiger partial charge >= 0.3 is 5.97 Å². The second-order valence-corrected chi connectivity index (χ2v) is 5.42. The van der Waals surface area contributed by atoms with Crippen molar-refractivity contribution in [3.63, 3.8) is 0 Å². The molecule has 4 nitrogen and oxygen atoms in total. The Hall–Kier alpha value is -2.41. The first-order chi connectivity index (χ1) is 11.1. The molecule has 0 fully saturated rings. The highest BCUT2D eigenvalue weighted by atomic mass is 32.2. The number of anilines is 1. The molecule has 23 heavy (non-hydrogen) atoms. The maximum absolute atomic E-state index is 13.4. The quantitative estimate of drug-likeness (QED) is 0.649. The van der Waals surface area contributed by atoms with E-state index >= 15 is 0 Å². The van der Waals surface area contributed by atoms with E-state index in [1.807, 2.05) is 0 Å². The predicted octanol–water partition coefficient (Wildman–Crippen LogP) is 3.24. The molecule has 7 heteroatoms. The van der Waals surface area contributed by atoms with Gasteiger partial charge < -0.3 is 10.1 Å². The van der Waals surface area contributed by atoms with Crippen molar-refractivity contribution in [3.05, 3.63) is 60.2 Å². The molecule has 0 heterocycles. The van der Waals surface area contributed by atoms with E-state index < -0.39 is 30.1 Å². The van der Waals surface area contributed by atoms with Gasteiger partial charge in [0.05, 0.1) is 11.4 Å². The van der Waals surface area contributed by atoms with E-state index in [0.29, 0.717) is 4.90 Å². The Morgan fingerprint density at radius 3 is 2.35 bits per heavy atom. The molecular weight excluding hydrogens is 324 g/mol. The van der Waals surface area contributed by atoms with Crippen LogP contribution in [0.4, 0.5) is 14.5 Å². The lowest BCUT2D eigenvalue weighted by Gasteiger charge is -2.07. The Bertz CT molecular complexity index is 709. The standard InChI is InChI=1S/C16H13F2NO3S/c17-11-5-1-3-7-13(11)19-15(20)9-22-16(21)10-23-14-8-4-2-6-12(14)18/h1-8H,9-10H2,(H,19,20). The summed E-state index contributed by atoms with van der Waals surface area (Å²) < 4.78 is 31.5. The van der Waals surface area contributed by atoms with Gasteiger partial charge in [-0.25, -0.2) is 8.78 Å². The number of amides is 1. The summed E-state index contributed by atoms with van der Waals surface area (Å²) in [5, 5.41) is 2.29. The summed E-state index contributed by atoms with van der Waals surface area (Å²) >= 11 is 0.972. The molecule has 0 saturated carbocycles. The van der Waals surface area contributed by atoms with Crippen LogP contribution in [-0.4, -0.2) is 24.2 Å². The number of hydrogen-bond acceptors (Lipinski definition) is 4. The fourth-order valence-corrected chi connectivity index (χ4v) is 2.37. The molecule has 1 amide bonds. The number of carbonyl (C=O) groups is 2. The van der Waals surface area contributed by atoms with Gasteiger partial charge in [0.15, 0.2) is 6.61 Å². The summed E-state index contributed by atoms with van der Waals surface area (Å²) in [6.07, 6.45) is 0. The second kappa shape index (κ2) is 8.28. The van der Waals surface area contributed by atoms with Crippen LogP contribution in [-0.2, 0) is 14.3 Å². The molecule has 0 unspecified atom stereocenters. The zero-order valence-electron chi connectivity index (χ0n) is 11.9. The minimum Gasteiger partial charge on any atom is -0.455 e. The Morgan fingerprint density at radius 1 is 1.00 bits per heavy atom. The van der Waals surface area contributed by atoms with Gasteiger partial charge in [-0.15, -0.1) is 11.8 Å². The number of ether oxygens (including phenoxy) is 1. The molecule has 2 aromatic rings. The molecule has 0 aromatic heterocycles. The lowest BCUT2D eigenvalue weighted by Crippen LogP contribution is -2.22. The molecule has 0 aliphatic heterocycles. The SMILES string of the molecule is O=C(COC(=O)CSc1ccccc1F)Nc1ccccc1F. The zero-order valence-corrected chi connectivity index (χ0v) is 12.7. The third-order valence-electron chi connectivity index (χ3n) is 2.69. The molecule has 2 aromatic carbocycles. The van der Waals surface area contributed by atoms with Gasteiger partial charge in [-0.3, -0.25) is 9.59 Å². The number of nitrogens with one attached hydrogen (secondary N) is 1. The zero-order chi connectivity index (χ0) is 16.7. The van der Waals surface area contributed by atoms with Crippen molar-refractivity contribution in [1.29, 1.82) is 0 Å². The average Bonchev–Trinajstić information content (AvgIpc) is 2.54. The minimum absolute atomic E-state index is 0.00859. The minimum atomic E-state index is -0.665. The van der Waals surface area contributed by atoms with Crippen LogP contribution >= 0.6 is 11.8 Å². The maximum atomic E-state index is 13.4. The van der Waals surface area contributed by atoms with E-state index in [4.69, 9.17) is 4.74 Å². The number of hydrogen-bond donors (Lipinski definition) is 1. The number of carbonyl (C=O) groups excluding carboxylic acids is 2. The molecule has 0 aliphatic carbocycles. The van der Waals surface area contributed by atoms with Crippen molar-refractivity contribution in [3.8, 4) is 0 Å². The van der Waals surface area contributed by atoms with Gasteiger partial charge in [0, 0.05) is 4.90 Å². The number of rotatable bonds is 6. The van der Waals surface area contributed by atoms with Gasteiger partial charge in [0.2, 0.25) is 0 Å². The molecule has 0 atom stereocenters. The first-order valence-electron chi connectivity index (χ1n) is 6.63. The maximum Gasteiger partial charge on any atom is 0.316 e. The summed E-state index contributed by atoms with van der Waals surface area (Å²) in [5.74, 6) is -2.46. The number of thioether (sulfide) groups is 1. The van der Waals surface area contributed by atoms with Gasteiger partial charge in [-0.05, 0) is 24.3 Å². The highest BCUT2D eigenvalue weighted by molar-refractivity contribution is 8.00. The highest BCUT2D eigenvalue weighted by Gasteiger charge is 2.11. The lowest BCUT2D eigenvalue weighted by molar-refractivity contribution is -0.144. The van der Waals surface area contributed by atoms with Crippen LogP contribution in [0.3, 0.4) is 0 Å². The van der Waals surface area contributed by atoms with Crippen molar-refractivity contribution < 1.29 is 23.1 Å². The third-order valence-corrected chi connectivity index (χ3v) is 3.72. The van der Waals surface area contributed by atoms with E-state index in [2.05, 4.69) is 5.32 Å². The summed E-state index contributed by atoms with van der Waals surface area (Å²) in [4.78, 5) is 23.4. The first-order valence-corrected chi connectivity index (χ1v) is 7.62. The van der Waals surface area contributed by atoms with Crippen LogP contribution in [0.2, 0.25) is 0 Å². The monoisotopic (exact) mass is 337 g/mol. The fraction of sp³-hybridized carbons (Fsp3) is 0.125. The number of para-hydroxylation sites is 1. The second-order valence-electron chi connectivity index (χ2n) is 4.41. The number of benzene rings is 2. The molecule has 0 spiro atoms. The Morgan fingerprint density at radius 2 is 1.65 bits per heavy atom. The summed E-state index contributed by atoms with van der Waals surface area (Å²) in [5.41, 5.74) is 0.00859. The smallest absolute Gasteiger partial charge is 0.316 e. The summed E-state index contributed by atoms with van der Waals surface area (Å²) in [7, 11) is 0. The lowest BCUT2D eigenvalue weighted by atomic mass is 10.3. The van der Waals surface area contributed by atoms with Crippen LogP contribution in [0.1, 0.15) is 0 Å². The van der Waals surface area contributed by atoms with E-state index in [9.17, 15) is 18.4 Å². The fourth-order valence-electron chi connectivity index (χ4n) is 1.64. The molecule has 0 radical (unpaired) electrons. The summed E-state index contributed by atoms with van der Waals surface area (Å²) in [6, 6.07) is 11.7. The van der Waals surface area contributed by atoms with Crippen LogP contribution in [0.25, 0.3) is 0 Å². The van der Waals surface area contributed by atoms with Gasteiger partial charge in [-0.2, -0.15) is 0 Å². The predicted molar refractivity (Wildman–Crippen MR) is 83.1 cm³/mol. The van der Waals surface area contributed by atoms with Crippen molar-refractivity contribution in [2.24, 2.45) is 0 Å². The van der Waals surface area contributed by atoms with Crippen LogP contribution in [0.15, 0.2) is 53.4 Å². The Labute approximate surface area is 135 Å². The number of halogens is 2. The Balaban J connectivity index is 1.75. The van der Waals surface area contributed by atoms with Crippen molar-refractivity contribution in [1.82, 2.24) is 0 Å². The first kappa shape index (κ1) is 17.0. The van der Waals surface area contributed by atoms with Crippen LogP contribution in [0.5, 0.6) is 0 Å². The molecule has 2 rings (SSSR count). The largest absolute Gasteiger partial charge is 0.455 e. The normalized spacial score (nSPS) is 10.2. The van der Waals surface area contributed by atoms with E-state index in [1.165, 1.54) is 30.3 Å². The summed E-state index contributed by atoms with van der Waals surface area (Å²) in [6.45, 7) is -0.537. The molecule has 0 saturated heterocycles. The molecule has 1 N–H and O–H groups in total. The molecule has 0 bridgehead atoms. The van der Waals surface area contributed by atoms with Gasteiger partial charge in [-0.1, -0.05) is 24.3 Å². The van der Waals surface area contributed by atoms with E-state index in [-0.39, 0.29) is 11.4 Å². The average molecular weight is 337 g/mol.